The molecule has 7 heteroatoms. The molecule has 2 heterocycles. The number of aromatic nitrogens is 1. The van der Waals surface area contributed by atoms with E-state index in [1.54, 1.807) is 13.0 Å². The van der Waals surface area contributed by atoms with E-state index in [4.69, 9.17) is 4.74 Å². The number of rotatable bonds is 4. The first-order valence-electron chi connectivity index (χ1n) is 6.49. The molecule has 0 aliphatic carbocycles. The first-order valence-corrected chi connectivity index (χ1v) is 7.31. The van der Waals surface area contributed by atoms with Gasteiger partial charge in [0.1, 0.15) is 6.04 Å². The van der Waals surface area contributed by atoms with Gasteiger partial charge in [-0.3, -0.25) is 14.5 Å². The molecule has 0 radical (unpaired) electrons. The number of carbonyl (C=O) groups is 3. The van der Waals surface area contributed by atoms with Crippen molar-refractivity contribution in [2.24, 2.45) is 7.05 Å². The molecule has 2 rings (SSSR count). The second-order valence-electron chi connectivity index (χ2n) is 4.59. The standard InChI is InChI=1S/C14H16N2O4S/c1-4-20-13(18)9(2)16-12(17)11(21-14(16)19)7-10-5-6-15(3)8-10/h5-9H,4H2,1-3H3/b11-7-. The molecule has 1 aliphatic rings. The number of nitrogens with zero attached hydrogens (tertiary/aromatic N) is 2. The third kappa shape index (κ3) is 3.18. The zero-order valence-corrected chi connectivity index (χ0v) is 12.8. The van der Waals surface area contributed by atoms with E-state index in [1.165, 1.54) is 6.92 Å². The molecule has 1 unspecified atom stereocenters. The molecular weight excluding hydrogens is 292 g/mol. The predicted molar refractivity (Wildman–Crippen MR) is 79.3 cm³/mol. The molecule has 1 aromatic rings. The summed E-state index contributed by atoms with van der Waals surface area (Å²) in [4.78, 5) is 37.2. The fourth-order valence-corrected chi connectivity index (χ4v) is 2.85. The quantitative estimate of drug-likeness (QED) is 0.629. The normalized spacial score (nSPS) is 18.4. The third-order valence-electron chi connectivity index (χ3n) is 2.99. The van der Waals surface area contributed by atoms with Gasteiger partial charge in [-0.25, -0.2) is 4.79 Å². The summed E-state index contributed by atoms with van der Waals surface area (Å²) < 4.78 is 6.70. The van der Waals surface area contributed by atoms with Gasteiger partial charge >= 0.3 is 5.97 Å². The summed E-state index contributed by atoms with van der Waals surface area (Å²) in [6.45, 7) is 3.37. The number of carbonyl (C=O) groups excluding carboxylic acids is 3. The van der Waals surface area contributed by atoms with Crippen LogP contribution in [0, 0.1) is 0 Å². The number of imide groups is 1. The van der Waals surface area contributed by atoms with Crippen LogP contribution in [0.4, 0.5) is 4.79 Å². The first-order chi connectivity index (χ1) is 9.93. The van der Waals surface area contributed by atoms with E-state index in [9.17, 15) is 14.4 Å². The van der Waals surface area contributed by atoms with E-state index in [0.717, 1.165) is 22.2 Å². The van der Waals surface area contributed by atoms with Crippen LogP contribution in [0.15, 0.2) is 23.4 Å². The van der Waals surface area contributed by atoms with Crippen LogP contribution in [-0.4, -0.2) is 39.2 Å². The molecule has 21 heavy (non-hydrogen) atoms. The molecular formula is C14H16N2O4S. The van der Waals surface area contributed by atoms with E-state index in [0.29, 0.717) is 4.91 Å². The van der Waals surface area contributed by atoms with Gasteiger partial charge in [0.2, 0.25) is 0 Å². The fraction of sp³-hybridized carbons (Fsp3) is 0.357. The highest BCUT2D eigenvalue weighted by Gasteiger charge is 2.41. The minimum atomic E-state index is -0.917. The number of esters is 1. The summed E-state index contributed by atoms with van der Waals surface area (Å²) in [6.07, 6.45) is 5.32. The summed E-state index contributed by atoms with van der Waals surface area (Å²) in [5, 5.41) is -0.456. The summed E-state index contributed by atoms with van der Waals surface area (Å²) >= 11 is 0.831. The average Bonchev–Trinajstić information content (AvgIpc) is 2.94. The Bertz CT molecular complexity index is 620. The van der Waals surface area contributed by atoms with Crippen molar-refractivity contribution in [2.45, 2.75) is 19.9 Å². The van der Waals surface area contributed by atoms with Gasteiger partial charge in [-0.05, 0) is 43.3 Å². The Labute approximate surface area is 126 Å². The van der Waals surface area contributed by atoms with Crippen LogP contribution >= 0.6 is 11.8 Å². The van der Waals surface area contributed by atoms with Crippen LogP contribution in [0.1, 0.15) is 19.4 Å². The fourth-order valence-electron chi connectivity index (χ4n) is 1.94. The largest absolute Gasteiger partial charge is 0.464 e. The van der Waals surface area contributed by atoms with E-state index in [1.807, 2.05) is 30.1 Å². The summed E-state index contributed by atoms with van der Waals surface area (Å²) in [7, 11) is 1.87. The number of ether oxygens (including phenoxy) is 1. The summed E-state index contributed by atoms with van der Waals surface area (Å²) in [5.41, 5.74) is 0.826. The van der Waals surface area contributed by atoms with Crippen LogP contribution in [0.25, 0.3) is 6.08 Å². The van der Waals surface area contributed by atoms with Crippen molar-refractivity contribution in [1.29, 1.82) is 0 Å². The monoisotopic (exact) mass is 308 g/mol. The SMILES string of the molecule is CCOC(=O)C(C)N1C(=O)S/C(=C\c2ccn(C)c2)C1=O. The maximum absolute atomic E-state index is 12.3. The van der Waals surface area contributed by atoms with Crippen molar-refractivity contribution < 1.29 is 19.1 Å². The Kier molecular flexibility index (Phi) is 4.52. The van der Waals surface area contributed by atoms with Crippen molar-refractivity contribution in [3.63, 3.8) is 0 Å². The van der Waals surface area contributed by atoms with E-state index in [2.05, 4.69) is 0 Å². The summed E-state index contributed by atoms with van der Waals surface area (Å²) in [6, 6.07) is 0.919. The minimum Gasteiger partial charge on any atom is -0.464 e. The first kappa shape index (κ1) is 15.4. The van der Waals surface area contributed by atoms with Gasteiger partial charge in [0, 0.05) is 19.4 Å². The van der Waals surface area contributed by atoms with Crippen molar-refractivity contribution >= 4 is 35.0 Å². The molecule has 0 bridgehead atoms. The van der Waals surface area contributed by atoms with E-state index in [-0.39, 0.29) is 6.61 Å². The maximum atomic E-state index is 12.3. The molecule has 112 valence electrons. The van der Waals surface area contributed by atoms with Crippen molar-refractivity contribution in [3.05, 3.63) is 28.9 Å². The van der Waals surface area contributed by atoms with Gasteiger partial charge in [-0.1, -0.05) is 0 Å². The van der Waals surface area contributed by atoms with Crippen LogP contribution in [0.3, 0.4) is 0 Å². The van der Waals surface area contributed by atoms with Crippen LogP contribution in [0.5, 0.6) is 0 Å². The Morgan fingerprint density at radius 1 is 1.48 bits per heavy atom. The lowest BCUT2D eigenvalue weighted by Crippen LogP contribution is -2.42. The molecule has 1 atom stereocenters. The highest BCUT2D eigenvalue weighted by atomic mass is 32.2. The van der Waals surface area contributed by atoms with Gasteiger partial charge in [0.15, 0.2) is 0 Å². The highest BCUT2D eigenvalue weighted by Crippen LogP contribution is 2.33. The number of hydrogen-bond acceptors (Lipinski definition) is 5. The van der Waals surface area contributed by atoms with Crippen molar-refractivity contribution in [1.82, 2.24) is 9.47 Å². The molecule has 1 aliphatic heterocycles. The van der Waals surface area contributed by atoms with Crippen LogP contribution in [0.2, 0.25) is 0 Å². The highest BCUT2D eigenvalue weighted by molar-refractivity contribution is 8.18. The molecule has 0 spiro atoms. The number of thioether (sulfide) groups is 1. The lowest BCUT2D eigenvalue weighted by Gasteiger charge is -2.19. The number of amides is 2. The van der Waals surface area contributed by atoms with Gasteiger partial charge in [-0.15, -0.1) is 0 Å². The van der Waals surface area contributed by atoms with E-state index < -0.39 is 23.2 Å². The molecule has 1 saturated heterocycles. The van der Waals surface area contributed by atoms with Crippen molar-refractivity contribution in [3.8, 4) is 0 Å². The molecule has 0 aromatic carbocycles. The Hall–Kier alpha value is -2.02. The zero-order valence-electron chi connectivity index (χ0n) is 12.0. The molecule has 1 aromatic heterocycles. The number of aryl methyl sites for hydroxylation is 1. The Morgan fingerprint density at radius 2 is 2.19 bits per heavy atom. The molecule has 0 saturated carbocycles. The van der Waals surface area contributed by atoms with E-state index >= 15 is 0 Å². The Morgan fingerprint density at radius 3 is 2.76 bits per heavy atom. The average molecular weight is 308 g/mol. The second-order valence-corrected chi connectivity index (χ2v) is 5.58. The zero-order chi connectivity index (χ0) is 15.6. The lowest BCUT2D eigenvalue weighted by molar-refractivity contribution is -0.150. The maximum Gasteiger partial charge on any atom is 0.329 e. The van der Waals surface area contributed by atoms with Crippen LogP contribution < -0.4 is 0 Å². The molecule has 6 nitrogen and oxygen atoms in total. The molecule has 0 N–H and O–H groups in total. The van der Waals surface area contributed by atoms with Crippen LogP contribution in [-0.2, 0) is 21.4 Å². The minimum absolute atomic E-state index is 0.208. The smallest absolute Gasteiger partial charge is 0.329 e. The van der Waals surface area contributed by atoms with Gasteiger partial charge in [-0.2, -0.15) is 0 Å². The Balaban J connectivity index is 2.20. The topological polar surface area (TPSA) is 68.6 Å². The van der Waals surface area contributed by atoms with Gasteiger partial charge < -0.3 is 9.30 Å². The van der Waals surface area contributed by atoms with Crippen molar-refractivity contribution in [2.75, 3.05) is 6.61 Å². The number of hydrogen-bond donors (Lipinski definition) is 0. The molecule has 1 fully saturated rings. The predicted octanol–water partition coefficient (Wildman–Crippen LogP) is 2.01. The second kappa shape index (κ2) is 6.17. The lowest BCUT2D eigenvalue weighted by atomic mass is 10.2. The summed E-state index contributed by atoms with van der Waals surface area (Å²) in [5.74, 6) is -1.05. The molecule has 2 amide bonds. The third-order valence-corrected chi connectivity index (χ3v) is 3.87. The van der Waals surface area contributed by atoms with Gasteiger partial charge in [0.05, 0.1) is 11.5 Å². The van der Waals surface area contributed by atoms with Gasteiger partial charge in [0.25, 0.3) is 11.1 Å².